The van der Waals surface area contributed by atoms with Crippen LogP contribution in [0.2, 0.25) is 4.34 Å². The van der Waals surface area contributed by atoms with E-state index in [-0.39, 0.29) is 19.8 Å². The highest BCUT2D eigenvalue weighted by Gasteiger charge is 2.20. The van der Waals surface area contributed by atoms with Crippen LogP contribution in [0.1, 0.15) is 0 Å². The van der Waals surface area contributed by atoms with Crippen molar-refractivity contribution in [2.75, 3.05) is 5.32 Å². The second kappa shape index (κ2) is 7.86. The lowest BCUT2D eigenvalue weighted by molar-refractivity contribution is 0.256. The van der Waals surface area contributed by atoms with E-state index < -0.39 is 16.1 Å². The van der Waals surface area contributed by atoms with E-state index >= 15 is 0 Å². The first-order valence-electron chi connectivity index (χ1n) is 8.35. The number of para-hydroxylation sites is 1. The topological polar surface area (TPSA) is 123 Å². The summed E-state index contributed by atoms with van der Waals surface area (Å²) in [5.41, 5.74) is 0.520. The van der Waals surface area contributed by atoms with Crippen molar-refractivity contribution in [1.29, 1.82) is 0 Å². The summed E-state index contributed by atoms with van der Waals surface area (Å²) >= 11 is 6.56. The van der Waals surface area contributed by atoms with E-state index in [4.69, 9.17) is 11.6 Å². The number of nitrogens with one attached hydrogen (secondary N) is 2. The van der Waals surface area contributed by atoms with Gasteiger partial charge < -0.3 is 5.32 Å². The van der Waals surface area contributed by atoms with Gasteiger partial charge in [0, 0.05) is 0 Å². The number of anilines is 1. The Morgan fingerprint density at radius 2 is 1.87 bits per heavy atom. The van der Waals surface area contributed by atoms with E-state index in [2.05, 4.69) is 15.3 Å². The number of halogens is 1. The third-order valence-electron chi connectivity index (χ3n) is 3.96. The minimum Gasteiger partial charge on any atom is -0.306 e. The molecule has 0 aliphatic carbocycles. The predicted molar refractivity (Wildman–Crippen MR) is 114 cm³/mol. The summed E-state index contributed by atoms with van der Waals surface area (Å²) in [5, 5.41) is 2.82. The molecule has 0 spiro atoms. The minimum atomic E-state index is -4.04. The van der Waals surface area contributed by atoms with Crippen LogP contribution in [0.4, 0.5) is 10.5 Å². The second-order valence-corrected chi connectivity index (χ2v) is 9.58. The number of benzene rings is 1. The molecule has 4 rings (SSSR count). The van der Waals surface area contributed by atoms with Gasteiger partial charge in [0.25, 0.3) is 15.6 Å². The van der Waals surface area contributed by atoms with Gasteiger partial charge in [-0.2, -0.15) is 0 Å². The number of nitrogens with zero attached hydrogens (tertiary/aromatic N) is 3. The summed E-state index contributed by atoms with van der Waals surface area (Å²) in [4.78, 5) is 33.0. The van der Waals surface area contributed by atoms with Gasteiger partial charge in [0.05, 0.1) is 27.1 Å². The van der Waals surface area contributed by atoms with Gasteiger partial charge in [-0.3, -0.25) is 9.36 Å². The molecule has 0 aliphatic rings. The molecule has 1 aromatic carbocycles. The molecule has 0 atom stereocenters. The lowest BCUT2D eigenvalue weighted by atomic mass is 10.2. The first-order valence-corrected chi connectivity index (χ1v) is 11.0. The van der Waals surface area contributed by atoms with Gasteiger partial charge in [0.1, 0.15) is 16.4 Å². The van der Waals surface area contributed by atoms with E-state index in [0.29, 0.717) is 16.7 Å². The number of amides is 2. The molecule has 4 aromatic rings. The van der Waals surface area contributed by atoms with Crippen LogP contribution in [0.25, 0.3) is 16.7 Å². The van der Waals surface area contributed by atoms with E-state index in [1.165, 1.54) is 41.4 Å². The van der Waals surface area contributed by atoms with Crippen LogP contribution in [0, 0.1) is 0 Å². The molecular formula is C18H12ClN5O4S2. The van der Waals surface area contributed by atoms with Crippen LogP contribution in [0.15, 0.2) is 70.1 Å². The zero-order valence-corrected chi connectivity index (χ0v) is 17.3. The molecule has 9 nitrogen and oxygen atoms in total. The van der Waals surface area contributed by atoms with Crippen LogP contribution in [-0.2, 0) is 10.0 Å². The van der Waals surface area contributed by atoms with Crippen molar-refractivity contribution in [2.24, 2.45) is 0 Å². The van der Waals surface area contributed by atoms with Crippen molar-refractivity contribution in [2.45, 2.75) is 4.21 Å². The minimum absolute atomic E-state index is 0.0840. The lowest BCUT2D eigenvalue weighted by Crippen LogP contribution is -2.34. The average molecular weight is 462 g/mol. The van der Waals surface area contributed by atoms with Crippen molar-refractivity contribution >= 4 is 55.6 Å². The number of carbonyl (C=O) groups is 1. The maximum absolute atomic E-state index is 12.6. The van der Waals surface area contributed by atoms with Crippen molar-refractivity contribution < 1.29 is 13.2 Å². The van der Waals surface area contributed by atoms with Crippen molar-refractivity contribution in [1.82, 2.24) is 19.3 Å². The van der Waals surface area contributed by atoms with Gasteiger partial charge in [-0.25, -0.2) is 27.9 Å². The molecule has 152 valence electrons. The Labute approximate surface area is 179 Å². The Hall–Kier alpha value is -3.28. The van der Waals surface area contributed by atoms with Gasteiger partial charge in [-0.05, 0) is 36.4 Å². The Balaban J connectivity index is 1.51. The van der Waals surface area contributed by atoms with E-state index in [1.54, 1.807) is 24.3 Å². The third-order valence-corrected chi connectivity index (χ3v) is 7.01. The molecule has 0 unspecified atom stereocenters. The zero-order chi connectivity index (χ0) is 21.3. The van der Waals surface area contributed by atoms with Crippen LogP contribution in [-0.4, -0.2) is 29.0 Å². The molecule has 12 heteroatoms. The number of pyridine rings is 1. The summed E-state index contributed by atoms with van der Waals surface area (Å²) < 4.78 is 27.7. The predicted octanol–water partition coefficient (Wildman–Crippen LogP) is 3.01. The summed E-state index contributed by atoms with van der Waals surface area (Å²) in [6.45, 7) is 0. The fourth-order valence-electron chi connectivity index (χ4n) is 2.61. The Morgan fingerprint density at radius 3 is 2.57 bits per heavy atom. The molecule has 3 heterocycles. The monoisotopic (exact) mass is 461 g/mol. The fraction of sp³-hybridized carbons (Fsp3) is 0. The summed E-state index contributed by atoms with van der Waals surface area (Å²) in [6, 6.07) is 11.7. The molecule has 0 bridgehead atoms. The van der Waals surface area contributed by atoms with Crippen molar-refractivity contribution in [3.8, 4) is 5.82 Å². The highest BCUT2D eigenvalue weighted by molar-refractivity contribution is 7.92. The normalized spacial score (nSPS) is 11.4. The number of hydrogen-bond donors (Lipinski definition) is 2. The Morgan fingerprint density at radius 1 is 1.07 bits per heavy atom. The molecule has 3 aromatic heterocycles. The summed E-state index contributed by atoms with van der Waals surface area (Å²) in [7, 11) is -4.04. The number of carbonyl (C=O) groups excluding carboxylic acids is 1. The first kappa shape index (κ1) is 20.0. The zero-order valence-electron chi connectivity index (χ0n) is 14.9. The molecule has 0 saturated heterocycles. The largest absolute Gasteiger partial charge is 0.333 e. The Bertz CT molecular complexity index is 1410. The number of sulfonamides is 1. The van der Waals surface area contributed by atoms with Crippen molar-refractivity contribution in [3.63, 3.8) is 0 Å². The number of thiophene rings is 1. The molecule has 0 fully saturated rings. The molecular weight excluding hydrogens is 450 g/mol. The van der Waals surface area contributed by atoms with Crippen molar-refractivity contribution in [3.05, 3.63) is 75.7 Å². The summed E-state index contributed by atoms with van der Waals surface area (Å²) in [5.74, 6) is 0.296. The fourth-order valence-corrected chi connectivity index (χ4v) is 5.00. The van der Waals surface area contributed by atoms with Crippen LogP contribution >= 0.6 is 22.9 Å². The summed E-state index contributed by atoms with van der Waals surface area (Å²) in [6.07, 6.45) is 2.66. The lowest BCUT2D eigenvalue weighted by Gasteiger charge is -2.09. The van der Waals surface area contributed by atoms with E-state index in [9.17, 15) is 18.0 Å². The molecule has 2 N–H and O–H groups in total. The van der Waals surface area contributed by atoms with Gasteiger partial charge in [0.2, 0.25) is 0 Å². The first-order chi connectivity index (χ1) is 14.3. The Kier molecular flexibility index (Phi) is 5.24. The van der Waals surface area contributed by atoms with Gasteiger partial charge in [0.15, 0.2) is 0 Å². The standard InChI is InChI=1S/C18H12ClN5O4S2/c19-14-6-8-16(29-14)30(27,28)23-18(26)22-11-5-7-15(20-9-11)24-10-21-13-4-2-1-3-12(13)17(24)25/h1-10H,(H2,22,23,26). The molecule has 0 aliphatic heterocycles. The number of urea groups is 1. The second-order valence-electron chi connectivity index (χ2n) is 5.96. The maximum atomic E-state index is 12.6. The quantitative estimate of drug-likeness (QED) is 0.481. The van der Waals surface area contributed by atoms with Gasteiger partial charge in [-0.1, -0.05) is 23.7 Å². The highest BCUT2D eigenvalue weighted by Crippen LogP contribution is 2.25. The van der Waals surface area contributed by atoms with Crippen LogP contribution in [0.3, 0.4) is 0 Å². The molecule has 30 heavy (non-hydrogen) atoms. The maximum Gasteiger partial charge on any atom is 0.333 e. The third kappa shape index (κ3) is 4.03. The SMILES string of the molecule is O=C(Nc1ccc(-n2cnc3ccccc3c2=O)nc1)NS(=O)(=O)c1ccc(Cl)s1. The van der Waals surface area contributed by atoms with E-state index in [1.807, 2.05) is 4.72 Å². The highest BCUT2D eigenvalue weighted by atomic mass is 35.5. The van der Waals surface area contributed by atoms with Crippen LogP contribution in [0.5, 0.6) is 0 Å². The van der Waals surface area contributed by atoms with Gasteiger partial charge in [-0.15, -0.1) is 11.3 Å². The number of hydrogen-bond acceptors (Lipinski definition) is 7. The average Bonchev–Trinajstić information content (AvgIpc) is 3.16. The van der Waals surface area contributed by atoms with Gasteiger partial charge >= 0.3 is 6.03 Å². The van der Waals surface area contributed by atoms with E-state index in [0.717, 1.165) is 11.3 Å². The van der Waals surface area contributed by atoms with Crippen LogP contribution < -0.4 is 15.6 Å². The molecule has 0 saturated carbocycles. The number of fused-ring (bicyclic) bond motifs is 1. The molecule has 2 amide bonds. The smallest absolute Gasteiger partial charge is 0.306 e. The number of aromatic nitrogens is 3. The number of rotatable bonds is 4. The molecule has 0 radical (unpaired) electrons.